The number of rotatable bonds is 3. The summed E-state index contributed by atoms with van der Waals surface area (Å²) in [5, 5.41) is 10.4. The van der Waals surface area contributed by atoms with Gasteiger partial charge in [0, 0.05) is 17.2 Å². The van der Waals surface area contributed by atoms with E-state index >= 15 is 0 Å². The molecule has 0 spiro atoms. The van der Waals surface area contributed by atoms with Crippen molar-refractivity contribution in [2.45, 2.75) is 12.7 Å². The smallest absolute Gasteiger partial charge is 0.378 e. The van der Waals surface area contributed by atoms with Gasteiger partial charge < -0.3 is 9.88 Å². The number of hydrogen-bond acceptors (Lipinski definition) is 3. The highest BCUT2D eigenvalue weighted by molar-refractivity contribution is 9.10. The van der Waals surface area contributed by atoms with E-state index in [1.165, 1.54) is 6.33 Å². The third-order valence-electron chi connectivity index (χ3n) is 2.48. The van der Waals surface area contributed by atoms with Crippen LogP contribution in [0.15, 0.2) is 29.0 Å². The molecule has 1 N–H and O–H groups in total. The average Bonchev–Trinajstić information content (AvgIpc) is 2.70. The monoisotopic (exact) mass is 334 g/mol. The van der Waals surface area contributed by atoms with Crippen LogP contribution in [0.1, 0.15) is 11.4 Å². The highest BCUT2D eigenvalue weighted by atomic mass is 79.9. The van der Waals surface area contributed by atoms with Crippen molar-refractivity contribution in [1.82, 2.24) is 14.8 Å². The molecule has 1 heterocycles. The number of nitrogens with zero attached hydrogens (tertiary/aromatic N) is 3. The first kappa shape index (κ1) is 13.9. The van der Waals surface area contributed by atoms with Crippen LogP contribution in [0.25, 0.3) is 0 Å². The maximum absolute atomic E-state index is 12.7. The van der Waals surface area contributed by atoms with Crippen molar-refractivity contribution < 1.29 is 13.2 Å². The van der Waals surface area contributed by atoms with Crippen molar-refractivity contribution in [3.8, 4) is 0 Å². The summed E-state index contributed by atoms with van der Waals surface area (Å²) in [6.07, 6.45) is -2.84. The Bertz CT molecular complexity index is 580. The molecule has 8 heteroatoms. The van der Waals surface area contributed by atoms with Crippen LogP contribution in [0.2, 0.25) is 0 Å². The van der Waals surface area contributed by atoms with Gasteiger partial charge in [-0.2, -0.15) is 13.2 Å². The predicted octanol–water partition coefficient (Wildman–Crippen LogP) is 3.21. The topological polar surface area (TPSA) is 42.7 Å². The molecule has 0 fully saturated rings. The number of benzene rings is 1. The van der Waals surface area contributed by atoms with Crippen LogP contribution < -0.4 is 5.32 Å². The molecule has 2 rings (SSSR count). The summed E-state index contributed by atoms with van der Waals surface area (Å²) in [5.41, 5.74) is -0.341. The molecule has 19 heavy (non-hydrogen) atoms. The normalized spacial score (nSPS) is 11.6. The number of aryl methyl sites for hydroxylation is 1. The minimum Gasteiger partial charge on any atom is -0.378 e. The molecule has 0 aliphatic carbocycles. The van der Waals surface area contributed by atoms with Crippen LogP contribution in [0.5, 0.6) is 0 Å². The lowest BCUT2D eigenvalue weighted by Gasteiger charge is -2.11. The van der Waals surface area contributed by atoms with E-state index in [4.69, 9.17) is 0 Å². The van der Waals surface area contributed by atoms with Gasteiger partial charge in [-0.15, -0.1) is 10.2 Å². The molecule has 1 aromatic heterocycles. The molecule has 0 bridgehead atoms. The van der Waals surface area contributed by atoms with Gasteiger partial charge in [-0.3, -0.25) is 0 Å². The van der Waals surface area contributed by atoms with Crippen LogP contribution in [0, 0.1) is 0 Å². The molecule has 4 nitrogen and oxygen atoms in total. The highest BCUT2D eigenvalue weighted by Gasteiger charge is 2.31. The summed E-state index contributed by atoms with van der Waals surface area (Å²) in [4.78, 5) is 0. The Morgan fingerprint density at radius 3 is 2.63 bits per heavy atom. The van der Waals surface area contributed by atoms with E-state index in [1.807, 2.05) is 0 Å². The van der Waals surface area contributed by atoms with E-state index in [2.05, 4.69) is 31.4 Å². The molecule has 0 atom stereocenters. The molecule has 0 aliphatic rings. The summed E-state index contributed by atoms with van der Waals surface area (Å²) in [5.74, 6) is 0.633. The van der Waals surface area contributed by atoms with Gasteiger partial charge in [0.15, 0.2) is 5.82 Å². The lowest BCUT2D eigenvalue weighted by atomic mass is 10.2. The van der Waals surface area contributed by atoms with Gasteiger partial charge >= 0.3 is 6.18 Å². The maximum atomic E-state index is 12.7. The summed E-state index contributed by atoms with van der Waals surface area (Å²) in [6, 6.07) is 3.67. The zero-order valence-corrected chi connectivity index (χ0v) is 11.5. The van der Waals surface area contributed by atoms with Crippen LogP contribution >= 0.6 is 15.9 Å². The van der Waals surface area contributed by atoms with Crippen molar-refractivity contribution >= 4 is 21.6 Å². The number of hydrogen-bond donors (Lipinski definition) is 1. The predicted molar refractivity (Wildman–Crippen MR) is 67.5 cm³/mol. The number of nitrogens with one attached hydrogen (secondary N) is 1. The Morgan fingerprint density at radius 2 is 2.05 bits per heavy atom. The van der Waals surface area contributed by atoms with Crippen molar-refractivity contribution in [1.29, 1.82) is 0 Å². The van der Waals surface area contributed by atoms with E-state index in [9.17, 15) is 13.2 Å². The van der Waals surface area contributed by atoms with Crippen molar-refractivity contribution in [3.63, 3.8) is 0 Å². The molecule has 102 valence electrons. The first-order valence-electron chi connectivity index (χ1n) is 5.31. The first-order valence-corrected chi connectivity index (χ1v) is 6.10. The quantitative estimate of drug-likeness (QED) is 0.937. The molecular weight excluding hydrogens is 325 g/mol. The summed E-state index contributed by atoms with van der Waals surface area (Å²) in [7, 11) is 1.76. The van der Waals surface area contributed by atoms with Crippen molar-refractivity contribution in [2.24, 2.45) is 7.05 Å². The Morgan fingerprint density at radius 1 is 1.32 bits per heavy atom. The first-order chi connectivity index (χ1) is 8.86. The molecule has 0 amide bonds. The number of anilines is 1. The van der Waals surface area contributed by atoms with Crippen LogP contribution in [-0.2, 0) is 19.8 Å². The zero-order valence-electron chi connectivity index (χ0n) is 9.87. The van der Waals surface area contributed by atoms with E-state index in [0.717, 1.165) is 12.1 Å². The van der Waals surface area contributed by atoms with Gasteiger partial charge in [0.25, 0.3) is 0 Å². The minimum absolute atomic E-state index is 0.296. The fourth-order valence-corrected chi connectivity index (χ4v) is 2.00. The second-order valence-corrected chi connectivity index (χ2v) is 4.85. The Hall–Kier alpha value is -1.57. The SMILES string of the molecule is Cn1cnnc1CNc1cc(Br)cc(C(F)(F)F)c1. The highest BCUT2D eigenvalue weighted by Crippen LogP contribution is 2.33. The lowest BCUT2D eigenvalue weighted by molar-refractivity contribution is -0.137. The fraction of sp³-hybridized carbons (Fsp3) is 0.273. The summed E-state index contributed by atoms with van der Waals surface area (Å²) in [6.45, 7) is 0.296. The third-order valence-corrected chi connectivity index (χ3v) is 2.94. The van der Waals surface area contributed by atoms with Crippen LogP contribution in [0.4, 0.5) is 18.9 Å². The van der Waals surface area contributed by atoms with Crippen LogP contribution in [0.3, 0.4) is 0 Å². The van der Waals surface area contributed by atoms with Gasteiger partial charge in [-0.1, -0.05) is 15.9 Å². The number of alkyl halides is 3. The fourth-order valence-electron chi connectivity index (χ4n) is 1.50. The molecule has 0 radical (unpaired) electrons. The van der Waals surface area contributed by atoms with E-state index in [1.54, 1.807) is 17.7 Å². The van der Waals surface area contributed by atoms with Crippen LogP contribution in [-0.4, -0.2) is 14.8 Å². The Labute approximate surface area is 115 Å². The molecule has 2 aromatic rings. The largest absolute Gasteiger partial charge is 0.416 e. The average molecular weight is 335 g/mol. The van der Waals surface area contributed by atoms with Gasteiger partial charge in [-0.05, 0) is 18.2 Å². The van der Waals surface area contributed by atoms with Gasteiger partial charge in [0.2, 0.25) is 0 Å². The zero-order chi connectivity index (χ0) is 14.0. The third kappa shape index (κ3) is 3.46. The molecule has 0 unspecified atom stereocenters. The van der Waals surface area contributed by atoms with E-state index in [0.29, 0.717) is 22.5 Å². The summed E-state index contributed by atoms with van der Waals surface area (Å²) < 4.78 is 40.0. The van der Waals surface area contributed by atoms with E-state index in [-0.39, 0.29) is 0 Å². The lowest BCUT2D eigenvalue weighted by Crippen LogP contribution is -2.08. The van der Waals surface area contributed by atoms with Crippen molar-refractivity contribution in [3.05, 3.63) is 40.4 Å². The molecule has 0 saturated carbocycles. The van der Waals surface area contributed by atoms with Gasteiger partial charge in [0.1, 0.15) is 6.33 Å². The second-order valence-electron chi connectivity index (χ2n) is 3.94. The van der Waals surface area contributed by atoms with Gasteiger partial charge in [-0.25, -0.2) is 0 Å². The standard InChI is InChI=1S/C11H10BrF3N4/c1-19-6-17-18-10(19)5-16-9-3-7(11(13,14)15)2-8(12)4-9/h2-4,6,16H,5H2,1H3. The molecule has 0 aliphatic heterocycles. The van der Waals surface area contributed by atoms with Gasteiger partial charge in [0.05, 0.1) is 12.1 Å². The molecular formula is C11H10BrF3N4. The Kier molecular flexibility index (Phi) is 3.79. The van der Waals surface area contributed by atoms with E-state index < -0.39 is 11.7 Å². The molecule has 0 saturated heterocycles. The van der Waals surface area contributed by atoms with Crippen molar-refractivity contribution in [2.75, 3.05) is 5.32 Å². The maximum Gasteiger partial charge on any atom is 0.416 e. The second kappa shape index (κ2) is 5.20. The number of halogens is 4. The Balaban J connectivity index is 2.17. The summed E-state index contributed by atoms with van der Waals surface area (Å²) >= 11 is 3.07. The molecule has 1 aromatic carbocycles. The minimum atomic E-state index is -4.37. The number of aromatic nitrogens is 3.